The highest BCUT2D eigenvalue weighted by molar-refractivity contribution is 5.32. The second-order valence-corrected chi connectivity index (χ2v) is 6.11. The lowest BCUT2D eigenvalue weighted by atomic mass is 9.63. The molecular formula is C13H22O3. The van der Waals surface area contributed by atoms with Crippen molar-refractivity contribution in [1.82, 2.24) is 0 Å². The summed E-state index contributed by atoms with van der Waals surface area (Å²) in [6.45, 7) is 8.01. The zero-order valence-corrected chi connectivity index (χ0v) is 10.5. The molecule has 1 aliphatic heterocycles. The van der Waals surface area contributed by atoms with Crippen LogP contribution in [-0.4, -0.2) is 33.6 Å². The van der Waals surface area contributed by atoms with E-state index in [2.05, 4.69) is 13.8 Å². The molecule has 0 aromatic rings. The highest BCUT2D eigenvalue weighted by atomic mass is 16.6. The molecule has 1 aliphatic carbocycles. The Balaban J connectivity index is 2.28. The third-order valence-corrected chi connectivity index (χ3v) is 4.12. The normalized spacial score (nSPS) is 47.8. The molecule has 0 radical (unpaired) electrons. The molecule has 16 heavy (non-hydrogen) atoms. The quantitative estimate of drug-likeness (QED) is 0.556. The standard InChI is InChI=1S/C13H22O3/c1-9(14)5-6-13-11(2,3)7-10(15)8-12(13,4)16-13/h5-6,9-10,14-15H,7-8H2,1-4H3/b6-5+/t9-,10+,12-,13+/m1/s1. The molecule has 1 saturated heterocycles. The molecule has 92 valence electrons. The Morgan fingerprint density at radius 1 is 1.31 bits per heavy atom. The molecule has 0 unspecified atom stereocenters. The van der Waals surface area contributed by atoms with Gasteiger partial charge in [-0.25, -0.2) is 0 Å². The zero-order valence-electron chi connectivity index (χ0n) is 10.5. The molecule has 0 spiro atoms. The molecule has 2 rings (SSSR count). The Bertz CT molecular complexity index is 321. The Hall–Kier alpha value is -0.380. The van der Waals surface area contributed by atoms with Gasteiger partial charge in [0.15, 0.2) is 0 Å². The number of hydrogen-bond acceptors (Lipinski definition) is 3. The number of epoxide rings is 1. The van der Waals surface area contributed by atoms with E-state index in [9.17, 15) is 10.2 Å². The van der Waals surface area contributed by atoms with Crippen LogP contribution in [0.15, 0.2) is 12.2 Å². The number of hydrogen-bond donors (Lipinski definition) is 2. The van der Waals surface area contributed by atoms with Gasteiger partial charge in [0.25, 0.3) is 0 Å². The van der Waals surface area contributed by atoms with Crippen LogP contribution in [0.5, 0.6) is 0 Å². The van der Waals surface area contributed by atoms with Crippen molar-refractivity contribution in [3.63, 3.8) is 0 Å². The van der Waals surface area contributed by atoms with E-state index >= 15 is 0 Å². The highest BCUT2D eigenvalue weighted by Crippen LogP contribution is 2.65. The number of aliphatic hydroxyl groups excluding tert-OH is 2. The van der Waals surface area contributed by atoms with Crippen LogP contribution in [0.4, 0.5) is 0 Å². The third-order valence-electron chi connectivity index (χ3n) is 4.12. The van der Waals surface area contributed by atoms with Gasteiger partial charge in [0.1, 0.15) is 11.2 Å². The topological polar surface area (TPSA) is 53.0 Å². The molecule has 2 aliphatic rings. The highest BCUT2D eigenvalue weighted by Gasteiger charge is 2.74. The first-order valence-corrected chi connectivity index (χ1v) is 5.98. The van der Waals surface area contributed by atoms with Crippen molar-refractivity contribution in [2.75, 3.05) is 0 Å². The van der Waals surface area contributed by atoms with Gasteiger partial charge in [0, 0.05) is 11.8 Å². The lowest BCUT2D eigenvalue weighted by Crippen LogP contribution is -2.46. The summed E-state index contributed by atoms with van der Waals surface area (Å²) in [6.07, 6.45) is 4.46. The van der Waals surface area contributed by atoms with Crippen LogP contribution < -0.4 is 0 Å². The van der Waals surface area contributed by atoms with Crippen molar-refractivity contribution in [3.05, 3.63) is 12.2 Å². The fourth-order valence-corrected chi connectivity index (χ4v) is 3.35. The Morgan fingerprint density at radius 3 is 2.44 bits per heavy atom. The summed E-state index contributed by atoms with van der Waals surface area (Å²) in [5.74, 6) is 0. The molecule has 3 nitrogen and oxygen atoms in total. The predicted molar refractivity (Wildman–Crippen MR) is 62.1 cm³/mol. The van der Waals surface area contributed by atoms with Crippen LogP contribution in [0.2, 0.25) is 0 Å². The van der Waals surface area contributed by atoms with E-state index in [1.807, 2.05) is 13.0 Å². The Labute approximate surface area is 97.1 Å². The van der Waals surface area contributed by atoms with E-state index < -0.39 is 6.10 Å². The molecule has 0 amide bonds. The van der Waals surface area contributed by atoms with Gasteiger partial charge in [-0.2, -0.15) is 0 Å². The van der Waals surface area contributed by atoms with Crippen LogP contribution in [-0.2, 0) is 4.74 Å². The van der Waals surface area contributed by atoms with Gasteiger partial charge < -0.3 is 14.9 Å². The average Bonchev–Trinajstić information content (AvgIpc) is 2.67. The summed E-state index contributed by atoms with van der Waals surface area (Å²) in [5.41, 5.74) is -0.666. The van der Waals surface area contributed by atoms with Crippen LogP contribution >= 0.6 is 0 Å². The van der Waals surface area contributed by atoms with Crippen LogP contribution in [0.3, 0.4) is 0 Å². The zero-order chi connectivity index (χ0) is 12.2. The van der Waals surface area contributed by atoms with Crippen molar-refractivity contribution in [1.29, 1.82) is 0 Å². The molecule has 0 bridgehead atoms. The van der Waals surface area contributed by atoms with Crippen LogP contribution in [0.25, 0.3) is 0 Å². The number of rotatable bonds is 2. The van der Waals surface area contributed by atoms with Gasteiger partial charge in [0.2, 0.25) is 0 Å². The second kappa shape index (κ2) is 3.31. The monoisotopic (exact) mass is 226 g/mol. The number of fused-ring (bicyclic) bond motifs is 1. The minimum Gasteiger partial charge on any atom is -0.393 e. The van der Waals surface area contributed by atoms with Gasteiger partial charge in [0.05, 0.1) is 12.2 Å². The molecule has 2 N–H and O–H groups in total. The summed E-state index contributed by atoms with van der Waals surface area (Å²) in [5, 5.41) is 19.2. The van der Waals surface area contributed by atoms with Crippen molar-refractivity contribution < 1.29 is 14.9 Å². The van der Waals surface area contributed by atoms with Crippen molar-refractivity contribution >= 4 is 0 Å². The first kappa shape index (κ1) is 12.1. The minimum atomic E-state index is -0.453. The largest absolute Gasteiger partial charge is 0.393 e. The van der Waals surface area contributed by atoms with Crippen molar-refractivity contribution in [3.8, 4) is 0 Å². The maximum absolute atomic E-state index is 9.85. The third kappa shape index (κ3) is 1.53. The van der Waals surface area contributed by atoms with Crippen LogP contribution in [0.1, 0.15) is 40.5 Å². The molecular weight excluding hydrogens is 204 g/mol. The van der Waals surface area contributed by atoms with Crippen LogP contribution in [0, 0.1) is 5.41 Å². The van der Waals surface area contributed by atoms with Gasteiger partial charge in [-0.3, -0.25) is 0 Å². The van der Waals surface area contributed by atoms with E-state index in [1.54, 1.807) is 13.0 Å². The molecule has 2 fully saturated rings. The fourth-order valence-electron chi connectivity index (χ4n) is 3.35. The molecule has 1 heterocycles. The SMILES string of the molecule is C[C@@H](O)/C=C/[C@@]12O[C@]1(C)C[C@@H](O)CC2(C)C. The first-order valence-electron chi connectivity index (χ1n) is 5.98. The molecule has 4 atom stereocenters. The van der Waals surface area contributed by atoms with Gasteiger partial charge >= 0.3 is 0 Å². The smallest absolute Gasteiger partial charge is 0.121 e. The Morgan fingerprint density at radius 2 is 1.94 bits per heavy atom. The molecule has 1 saturated carbocycles. The second-order valence-electron chi connectivity index (χ2n) is 6.11. The molecule has 0 aromatic carbocycles. The van der Waals surface area contributed by atoms with E-state index in [1.165, 1.54) is 0 Å². The predicted octanol–water partition coefficient (Wildman–Crippen LogP) is 1.63. The maximum atomic E-state index is 9.85. The van der Waals surface area contributed by atoms with Gasteiger partial charge in [-0.15, -0.1) is 0 Å². The lowest BCUT2D eigenvalue weighted by Gasteiger charge is -2.39. The summed E-state index contributed by atoms with van der Waals surface area (Å²) in [6, 6.07) is 0. The summed E-state index contributed by atoms with van der Waals surface area (Å²) >= 11 is 0. The summed E-state index contributed by atoms with van der Waals surface area (Å²) in [7, 11) is 0. The summed E-state index contributed by atoms with van der Waals surface area (Å²) in [4.78, 5) is 0. The van der Waals surface area contributed by atoms with Crippen molar-refractivity contribution in [2.24, 2.45) is 5.41 Å². The van der Waals surface area contributed by atoms with E-state index in [0.717, 1.165) is 6.42 Å². The molecule has 0 aromatic heterocycles. The van der Waals surface area contributed by atoms with E-state index in [0.29, 0.717) is 6.42 Å². The van der Waals surface area contributed by atoms with Gasteiger partial charge in [-0.05, 0) is 20.3 Å². The summed E-state index contributed by atoms with van der Waals surface area (Å²) < 4.78 is 5.93. The van der Waals surface area contributed by atoms with E-state index in [-0.39, 0.29) is 22.7 Å². The van der Waals surface area contributed by atoms with Gasteiger partial charge in [-0.1, -0.05) is 26.0 Å². The van der Waals surface area contributed by atoms with Crippen molar-refractivity contribution in [2.45, 2.75) is 63.9 Å². The van der Waals surface area contributed by atoms with E-state index in [4.69, 9.17) is 4.74 Å². The lowest BCUT2D eigenvalue weighted by molar-refractivity contribution is 0.0512. The fraction of sp³-hybridized carbons (Fsp3) is 0.846. The minimum absolute atomic E-state index is 0.0925. The average molecular weight is 226 g/mol. The Kier molecular flexibility index (Phi) is 2.50. The molecule has 3 heteroatoms. The first-order chi connectivity index (χ1) is 7.22. The maximum Gasteiger partial charge on any atom is 0.121 e. The number of aliphatic hydroxyl groups is 2. The number of ether oxygens (including phenoxy) is 1.